The lowest BCUT2D eigenvalue weighted by Crippen LogP contribution is -2.32. The van der Waals surface area contributed by atoms with Gasteiger partial charge in [0.1, 0.15) is 5.82 Å². The summed E-state index contributed by atoms with van der Waals surface area (Å²) in [5.41, 5.74) is 6.25. The summed E-state index contributed by atoms with van der Waals surface area (Å²) in [6.45, 7) is 3.52. The van der Waals surface area contributed by atoms with Gasteiger partial charge in [0.2, 0.25) is 5.28 Å². The lowest BCUT2D eigenvalue weighted by Gasteiger charge is -2.30. The molecule has 6 nitrogen and oxygen atoms in total. The minimum atomic E-state index is 0.235. The number of aromatic nitrogens is 5. The summed E-state index contributed by atoms with van der Waals surface area (Å²) in [5, 5.41) is 6.23. The highest BCUT2D eigenvalue weighted by atomic mass is 35.5. The van der Waals surface area contributed by atoms with Gasteiger partial charge >= 0.3 is 0 Å². The molecule has 1 aromatic carbocycles. The first-order valence-electron chi connectivity index (χ1n) is 9.34. The Kier molecular flexibility index (Phi) is 4.41. The number of halogens is 2. The summed E-state index contributed by atoms with van der Waals surface area (Å²) >= 11 is 12.4. The largest absolute Gasteiger partial charge is 0.351 e. The molecule has 0 N–H and O–H groups in total. The van der Waals surface area contributed by atoms with Crippen LogP contribution in [0.5, 0.6) is 0 Å². The van der Waals surface area contributed by atoms with Gasteiger partial charge in [-0.05, 0) is 48.4 Å². The molecule has 0 aliphatic carbocycles. The van der Waals surface area contributed by atoms with Crippen LogP contribution >= 0.6 is 23.2 Å². The Morgan fingerprint density at radius 3 is 2.76 bits per heavy atom. The van der Waals surface area contributed by atoms with Crippen LogP contribution in [-0.2, 0) is 20.0 Å². The second kappa shape index (κ2) is 6.97. The Morgan fingerprint density at radius 1 is 1.10 bits per heavy atom. The van der Waals surface area contributed by atoms with Crippen molar-refractivity contribution in [2.75, 3.05) is 11.4 Å². The van der Waals surface area contributed by atoms with Crippen molar-refractivity contribution in [2.45, 2.75) is 19.9 Å². The Hall–Kier alpha value is -2.70. The summed E-state index contributed by atoms with van der Waals surface area (Å²) in [6, 6.07) is 7.79. The first kappa shape index (κ1) is 18.3. The Morgan fingerprint density at radius 2 is 1.97 bits per heavy atom. The molecule has 0 bridgehead atoms. The lowest BCUT2D eigenvalue weighted by atomic mass is 10.0. The fraction of sp³-hybridized carbons (Fsp3) is 0.238. The topological polar surface area (TPSA) is 59.7 Å². The molecule has 1 aliphatic rings. The molecule has 0 fully saturated rings. The molecule has 0 saturated heterocycles. The standard InChI is InChI=1S/C21H18Cl2N6/c1-12-17(11-28(2)27-12)13-7-14-10-29(6-5-18(14)24-9-13)20-16-8-15(22)3-4-19(16)25-21(23)26-20/h3-4,7-9,11H,5-6,10H2,1-2H3. The van der Waals surface area contributed by atoms with Crippen LogP contribution in [0, 0.1) is 6.92 Å². The number of hydrogen-bond donors (Lipinski definition) is 0. The van der Waals surface area contributed by atoms with E-state index in [1.807, 2.05) is 49.2 Å². The van der Waals surface area contributed by atoms with E-state index in [1.54, 1.807) is 0 Å². The predicted molar refractivity (Wildman–Crippen MR) is 115 cm³/mol. The minimum absolute atomic E-state index is 0.235. The number of pyridine rings is 1. The molecule has 0 spiro atoms. The van der Waals surface area contributed by atoms with Gasteiger partial charge in [-0.3, -0.25) is 9.67 Å². The van der Waals surface area contributed by atoms with Crippen LogP contribution in [0.2, 0.25) is 10.3 Å². The van der Waals surface area contributed by atoms with Gasteiger partial charge in [-0.15, -0.1) is 0 Å². The minimum Gasteiger partial charge on any atom is -0.351 e. The molecular weight excluding hydrogens is 407 g/mol. The smallest absolute Gasteiger partial charge is 0.224 e. The molecule has 0 unspecified atom stereocenters. The molecule has 29 heavy (non-hydrogen) atoms. The predicted octanol–water partition coefficient (Wildman–Crippen LogP) is 4.60. The van der Waals surface area contributed by atoms with Gasteiger partial charge in [0.25, 0.3) is 0 Å². The molecule has 3 aromatic heterocycles. The van der Waals surface area contributed by atoms with Gasteiger partial charge in [0, 0.05) is 66.2 Å². The zero-order valence-electron chi connectivity index (χ0n) is 16.0. The third-order valence-corrected chi connectivity index (χ3v) is 5.68. The van der Waals surface area contributed by atoms with Crippen molar-refractivity contribution in [3.63, 3.8) is 0 Å². The highest BCUT2D eigenvalue weighted by Crippen LogP contribution is 2.32. The van der Waals surface area contributed by atoms with Gasteiger partial charge < -0.3 is 4.90 Å². The van der Waals surface area contributed by atoms with Gasteiger partial charge in [-0.25, -0.2) is 4.98 Å². The van der Waals surface area contributed by atoms with Crippen LogP contribution in [-0.4, -0.2) is 31.3 Å². The molecule has 0 saturated carbocycles. The van der Waals surface area contributed by atoms with Gasteiger partial charge in [-0.2, -0.15) is 10.1 Å². The van der Waals surface area contributed by atoms with Crippen molar-refractivity contribution in [1.29, 1.82) is 0 Å². The van der Waals surface area contributed by atoms with E-state index in [2.05, 4.69) is 26.0 Å². The number of fused-ring (bicyclic) bond motifs is 2. The number of benzene rings is 1. The van der Waals surface area contributed by atoms with E-state index >= 15 is 0 Å². The fourth-order valence-electron chi connectivity index (χ4n) is 3.94. The number of rotatable bonds is 2. The first-order chi connectivity index (χ1) is 14.0. The fourth-order valence-corrected chi connectivity index (χ4v) is 4.28. The van der Waals surface area contributed by atoms with E-state index in [4.69, 9.17) is 28.2 Å². The number of hydrogen-bond acceptors (Lipinski definition) is 5. The van der Waals surface area contributed by atoms with E-state index < -0.39 is 0 Å². The maximum absolute atomic E-state index is 6.23. The SMILES string of the molecule is Cc1nn(C)cc1-c1cnc2c(c1)CN(c1nc(Cl)nc3ccc(Cl)cc13)CC2. The first-order valence-corrected chi connectivity index (χ1v) is 10.1. The molecule has 5 rings (SSSR count). The molecule has 8 heteroatoms. The van der Waals surface area contributed by atoms with Gasteiger partial charge in [0.15, 0.2) is 0 Å². The molecule has 146 valence electrons. The number of anilines is 1. The normalized spacial score (nSPS) is 13.7. The van der Waals surface area contributed by atoms with Crippen molar-refractivity contribution in [3.8, 4) is 11.1 Å². The quantitative estimate of drug-likeness (QED) is 0.440. The third kappa shape index (κ3) is 3.32. The van der Waals surface area contributed by atoms with Crippen LogP contribution in [0.1, 0.15) is 17.0 Å². The van der Waals surface area contributed by atoms with E-state index in [0.717, 1.165) is 52.2 Å². The van der Waals surface area contributed by atoms with Gasteiger partial charge in [0.05, 0.1) is 11.2 Å². The average molecular weight is 425 g/mol. The molecule has 0 atom stereocenters. The maximum Gasteiger partial charge on any atom is 0.224 e. The molecule has 4 heterocycles. The summed E-state index contributed by atoms with van der Waals surface area (Å²) in [6.07, 6.45) is 4.81. The number of aryl methyl sites for hydroxylation is 2. The zero-order chi connectivity index (χ0) is 20.1. The zero-order valence-corrected chi connectivity index (χ0v) is 17.5. The highest BCUT2D eigenvalue weighted by molar-refractivity contribution is 6.31. The van der Waals surface area contributed by atoms with Crippen LogP contribution in [0.3, 0.4) is 0 Å². The van der Waals surface area contributed by atoms with Crippen molar-refractivity contribution in [1.82, 2.24) is 24.7 Å². The molecular formula is C21H18Cl2N6. The molecule has 1 aliphatic heterocycles. The average Bonchev–Trinajstić information content (AvgIpc) is 3.05. The maximum atomic E-state index is 6.23. The Balaban J connectivity index is 1.56. The molecule has 4 aromatic rings. The summed E-state index contributed by atoms with van der Waals surface area (Å²) < 4.78 is 1.83. The molecule has 0 radical (unpaired) electrons. The monoisotopic (exact) mass is 424 g/mol. The van der Waals surface area contributed by atoms with E-state index in [1.165, 1.54) is 5.56 Å². The van der Waals surface area contributed by atoms with E-state index in [0.29, 0.717) is 11.6 Å². The second-order valence-corrected chi connectivity index (χ2v) is 8.06. The summed E-state index contributed by atoms with van der Waals surface area (Å²) in [7, 11) is 1.93. The van der Waals surface area contributed by atoms with Crippen LogP contribution in [0.15, 0.2) is 36.7 Å². The van der Waals surface area contributed by atoms with Crippen molar-refractivity contribution in [3.05, 3.63) is 63.9 Å². The van der Waals surface area contributed by atoms with Crippen LogP contribution in [0.4, 0.5) is 5.82 Å². The summed E-state index contributed by atoms with van der Waals surface area (Å²) in [5.74, 6) is 0.802. The lowest BCUT2D eigenvalue weighted by molar-refractivity contribution is 0.705. The van der Waals surface area contributed by atoms with Crippen LogP contribution in [0.25, 0.3) is 22.0 Å². The van der Waals surface area contributed by atoms with Crippen molar-refractivity contribution < 1.29 is 0 Å². The number of nitrogens with zero attached hydrogens (tertiary/aromatic N) is 6. The third-order valence-electron chi connectivity index (χ3n) is 5.27. The summed E-state index contributed by atoms with van der Waals surface area (Å²) in [4.78, 5) is 15.8. The second-order valence-electron chi connectivity index (χ2n) is 7.28. The Bertz CT molecular complexity index is 1250. The van der Waals surface area contributed by atoms with Gasteiger partial charge in [-0.1, -0.05) is 11.6 Å². The van der Waals surface area contributed by atoms with Crippen molar-refractivity contribution in [2.24, 2.45) is 7.05 Å². The van der Waals surface area contributed by atoms with E-state index in [-0.39, 0.29) is 5.28 Å². The molecule has 0 amide bonds. The van der Waals surface area contributed by atoms with Crippen molar-refractivity contribution >= 4 is 39.9 Å². The van der Waals surface area contributed by atoms with Crippen LogP contribution < -0.4 is 4.90 Å². The van der Waals surface area contributed by atoms with E-state index in [9.17, 15) is 0 Å². The highest BCUT2D eigenvalue weighted by Gasteiger charge is 2.22. The Labute approximate surface area is 178 Å².